The number of unbranched alkanes of at least 4 members (excludes halogenated alkanes) is 2. The highest BCUT2D eigenvalue weighted by Crippen LogP contribution is 2.38. The fourth-order valence-corrected chi connectivity index (χ4v) is 8.76. The van der Waals surface area contributed by atoms with E-state index in [4.69, 9.17) is 18.9 Å². The van der Waals surface area contributed by atoms with Gasteiger partial charge in [0, 0.05) is 56.1 Å². The van der Waals surface area contributed by atoms with Crippen LogP contribution < -0.4 is 19.5 Å². The minimum Gasteiger partial charge on any atom is -0.493 e. The zero-order chi connectivity index (χ0) is 41.2. The van der Waals surface area contributed by atoms with Crippen molar-refractivity contribution in [3.05, 3.63) is 89.7 Å². The van der Waals surface area contributed by atoms with Crippen LogP contribution in [0.5, 0.6) is 17.2 Å². The minimum absolute atomic E-state index is 0.0312. The second-order valence-electron chi connectivity index (χ2n) is 14.4. The number of nitrogens with one attached hydrogen (secondary N) is 1. The van der Waals surface area contributed by atoms with Crippen molar-refractivity contribution in [3.8, 4) is 17.2 Å². The number of rotatable bonds is 17. The number of aromatic nitrogens is 1. The van der Waals surface area contributed by atoms with Gasteiger partial charge < -0.3 is 28.7 Å². The first-order valence-corrected chi connectivity index (χ1v) is 21.5. The highest BCUT2D eigenvalue weighted by atomic mass is 33.1. The predicted octanol–water partition coefficient (Wildman–Crippen LogP) is 8.36. The van der Waals surface area contributed by atoms with Gasteiger partial charge in [-0.25, -0.2) is 9.78 Å². The van der Waals surface area contributed by atoms with Crippen molar-refractivity contribution >= 4 is 63.3 Å². The van der Waals surface area contributed by atoms with E-state index in [-0.39, 0.29) is 47.0 Å². The van der Waals surface area contributed by atoms with Gasteiger partial charge in [-0.15, -0.1) is 0 Å². The normalized spacial score (nSPS) is 17.9. The Kier molecular flexibility index (Phi) is 14.5. The zero-order valence-electron chi connectivity index (χ0n) is 33.4. The zero-order valence-corrected chi connectivity index (χ0v) is 35.0. The van der Waals surface area contributed by atoms with Gasteiger partial charge in [-0.2, -0.15) is 0 Å². The molecule has 6 rings (SSSR count). The van der Waals surface area contributed by atoms with E-state index in [0.29, 0.717) is 67.6 Å². The molecule has 0 radical (unpaired) electrons. The molecule has 0 aliphatic carbocycles. The van der Waals surface area contributed by atoms with Gasteiger partial charge in [-0.1, -0.05) is 41.2 Å². The molecule has 58 heavy (non-hydrogen) atoms. The number of aliphatic imine (C=N–C) groups is 2. The summed E-state index contributed by atoms with van der Waals surface area (Å²) in [5.74, 6) is 1.09. The van der Waals surface area contributed by atoms with Gasteiger partial charge >= 0.3 is 6.09 Å². The van der Waals surface area contributed by atoms with Crippen LogP contribution in [0, 0.1) is 6.92 Å². The maximum Gasteiger partial charge on any atom is 0.411 e. The van der Waals surface area contributed by atoms with Crippen LogP contribution in [0.2, 0.25) is 0 Å². The smallest absolute Gasteiger partial charge is 0.411 e. The molecule has 306 valence electrons. The van der Waals surface area contributed by atoms with Gasteiger partial charge in [0.1, 0.15) is 17.4 Å². The van der Waals surface area contributed by atoms with Crippen LogP contribution >= 0.6 is 21.6 Å². The molecule has 2 fully saturated rings. The van der Waals surface area contributed by atoms with E-state index in [1.807, 2.05) is 55.3 Å². The summed E-state index contributed by atoms with van der Waals surface area (Å²) in [4.78, 5) is 57.1. The second-order valence-corrected chi connectivity index (χ2v) is 17.1. The van der Waals surface area contributed by atoms with Crippen LogP contribution in [0.1, 0.15) is 65.3 Å². The molecule has 0 bridgehead atoms. The Hall–Kier alpha value is -5.28. The number of likely N-dealkylation sites (tertiary alicyclic amines) is 1. The number of fused-ring (bicyclic) bond motifs is 2. The van der Waals surface area contributed by atoms with Crippen LogP contribution in [0.3, 0.4) is 0 Å². The highest BCUT2D eigenvalue weighted by Gasteiger charge is 2.35. The Bertz CT molecular complexity index is 2080. The third-order valence-electron chi connectivity index (χ3n) is 9.80. The summed E-state index contributed by atoms with van der Waals surface area (Å²) in [5.41, 5.74) is 4.48. The van der Waals surface area contributed by atoms with Gasteiger partial charge in [-0.3, -0.25) is 24.9 Å². The summed E-state index contributed by atoms with van der Waals surface area (Å²) in [5, 5.41) is 3.62. The Morgan fingerprint density at radius 2 is 1.81 bits per heavy atom. The fourth-order valence-electron chi connectivity index (χ4n) is 6.88. The lowest BCUT2D eigenvalue weighted by Gasteiger charge is -2.24. The number of carbonyl (C=O) groups excluding carboxylic acids is 3. The van der Waals surface area contributed by atoms with E-state index in [0.717, 1.165) is 41.0 Å². The minimum atomic E-state index is -0.701. The number of ether oxygens (including phenoxy) is 4. The number of carbonyl (C=O) groups is 3. The molecular weight excluding hydrogens is 777 g/mol. The Morgan fingerprint density at radius 3 is 2.55 bits per heavy atom. The second kappa shape index (κ2) is 19.9. The average Bonchev–Trinajstić information content (AvgIpc) is 3.76. The molecule has 3 aromatic rings. The van der Waals surface area contributed by atoms with E-state index < -0.39 is 6.09 Å². The summed E-state index contributed by atoms with van der Waals surface area (Å²) in [6, 6.07) is 12.3. The quantitative estimate of drug-likeness (QED) is 0.0610. The van der Waals surface area contributed by atoms with Crippen molar-refractivity contribution in [2.24, 2.45) is 9.98 Å². The number of nitrogens with zero attached hydrogens (tertiary/aromatic N) is 5. The molecule has 4 heterocycles. The van der Waals surface area contributed by atoms with Gasteiger partial charge in [0.25, 0.3) is 11.8 Å². The summed E-state index contributed by atoms with van der Waals surface area (Å²) >= 11 is 0. The standard InChI is InChI=1S/C43H50N6O7S2/c1-27-16-31(22-44-5)48(24-27)42(51)34-19-38(53-6)39(21-36(34)47-43(52)56-26-30(4)57-58-40-12-8-9-13-45-40)55-15-11-7-10-14-54-37-20-35-33(18-29(37)3)41(50)49-25-28(2)17-32(49)23-46-35/h8-9,12-13,18-23,30-32H,1-2,7,10-11,14-17,24-26H2,3-6H3,(H,47,52)/t30?,31-,32-/m0/s1. The van der Waals surface area contributed by atoms with E-state index in [9.17, 15) is 14.4 Å². The lowest BCUT2D eigenvalue weighted by Crippen LogP contribution is -2.37. The van der Waals surface area contributed by atoms with Crippen LogP contribution in [0.15, 0.2) is 88.0 Å². The molecule has 1 unspecified atom stereocenters. The Labute approximate surface area is 347 Å². The van der Waals surface area contributed by atoms with E-state index >= 15 is 0 Å². The van der Waals surface area contributed by atoms with Crippen LogP contribution in [0.25, 0.3) is 0 Å². The molecule has 0 spiro atoms. The Balaban J connectivity index is 1.06. The first-order chi connectivity index (χ1) is 28.0. The lowest BCUT2D eigenvalue weighted by molar-refractivity contribution is 0.0768. The topological polar surface area (TPSA) is 144 Å². The molecule has 2 aromatic carbocycles. The maximum atomic E-state index is 14.1. The number of amides is 3. The molecule has 3 aliphatic rings. The third-order valence-corrected chi connectivity index (χ3v) is 12.6. The summed E-state index contributed by atoms with van der Waals surface area (Å²) < 4.78 is 23.6. The van der Waals surface area contributed by atoms with Crippen molar-refractivity contribution < 1.29 is 33.3 Å². The average molecular weight is 827 g/mol. The van der Waals surface area contributed by atoms with Gasteiger partial charge in [0.05, 0.1) is 54.9 Å². The molecule has 1 N–H and O–H groups in total. The summed E-state index contributed by atoms with van der Waals surface area (Å²) in [6.45, 7) is 13.9. The van der Waals surface area contributed by atoms with Crippen molar-refractivity contribution in [1.29, 1.82) is 0 Å². The number of anilines is 1. The largest absolute Gasteiger partial charge is 0.493 e. The summed E-state index contributed by atoms with van der Waals surface area (Å²) in [6.07, 6.45) is 8.22. The van der Waals surface area contributed by atoms with Crippen LogP contribution in [0.4, 0.5) is 16.2 Å². The number of pyridine rings is 1. The highest BCUT2D eigenvalue weighted by molar-refractivity contribution is 8.76. The van der Waals surface area contributed by atoms with E-state index in [1.54, 1.807) is 47.3 Å². The SMILES string of the molecule is C=C1C[C@H]2C=Nc3cc(OCCCCCOc4cc(NC(=O)OCC(C)SSc5ccccn5)c(C(=O)N5CC(=C)C[C@H]5C=NC)cc4OC)c(C)cc3C(=O)N2C1. The molecule has 2 saturated heterocycles. The predicted molar refractivity (Wildman–Crippen MR) is 231 cm³/mol. The van der Waals surface area contributed by atoms with Crippen molar-refractivity contribution in [1.82, 2.24) is 14.8 Å². The monoisotopic (exact) mass is 826 g/mol. The molecule has 0 saturated carbocycles. The van der Waals surface area contributed by atoms with Gasteiger partial charge in [0.15, 0.2) is 11.5 Å². The third kappa shape index (κ3) is 10.6. The molecule has 1 aromatic heterocycles. The molecule has 3 atom stereocenters. The molecule has 13 nitrogen and oxygen atoms in total. The molecule has 3 aliphatic heterocycles. The number of benzene rings is 2. The number of aryl methyl sites for hydroxylation is 1. The van der Waals surface area contributed by atoms with Crippen molar-refractivity contribution in [2.45, 2.75) is 68.3 Å². The fraction of sp³-hybridized carbons (Fsp3) is 0.395. The number of hydrogen-bond acceptors (Lipinski definition) is 12. The van der Waals surface area contributed by atoms with Crippen molar-refractivity contribution in [3.63, 3.8) is 0 Å². The number of hydrogen-bond donors (Lipinski definition) is 1. The maximum absolute atomic E-state index is 14.1. The summed E-state index contributed by atoms with van der Waals surface area (Å²) in [7, 11) is 6.22. The van der Waals surface area contributed by atoms with E-state index in [2.05, 4.69) is 33.4 Å². The van der Waals surface area contributed by atoms with Crippen LogP contribution in [-0.4, -0.2) is 110 Å². The first kappa shape index (κ1) is 42.3. The van der Waals surface area contributed by atoms with Gasteiger partial charge in [-0.05, 0) is 86.6 Å². The molecular formula is C43H50N6O7S2. The van der Waals surface area contributed by atoms with E-state index in [1.165, 1.54) is 17.9 Å². The van der Waals surface area contributed by atoms with Gasteiger partial charge in [0.2, 0.25) is 0 Å². The lowest BCUT2D eigenvalue weighted by atomic mass is 10.1. The molecule has 15 heteroatoms. The Morgan fingerprint density at radius 1 is 1.03 bits per heavy atom. The number of methoxy groups -OCH3 is 1. The van der Waals surface area contributed by atoms with Crippen LogP contribution in [-0.2, 0) is 4.74 Å². The molecule has 3 amide bonds. The van der Waals surface area contributed by atoms with Crippen molar-refractivity contribution in [2.75, 3.05) is 52.4 Å². The first-order valence-electron chi connectivity index (χ1n) is 19.3.